The minimum Gasteiger partial charge on any atom is -0.487 e. The molecule has 0 unspecified atom stereocenters. The molecule has 33 heavy (non-hydrogen) atoms. The Hall–Kier alpha value is -2.91. The van der Waals surface area contributed by atoms with Gasteiger partial charge in [0.05, 0.1) is 16.5 Å². The van der Waals surface area contributed by atoms with Gasteiger partial charge in [0.15, 0.2) is 15.4 Å². The minimum absolute atomic E-state index is 0.0338. The number of hydrogen-bond donors (Lipinski definition) is 0. The van der Waals surface area contributed by atoms with Crippen LogP contribution >= 0.6 is 11.3 Å². The Balaban J connectivity index is 1.31. The van der Waals surface area contributed by atoms with Gasteiger partial charge in [-0.2, -0.15) is 4.98 Å². The Morgan fingerprint density at radius 3 is 2.82 bits per heavy atom. The highest BCUT2D eigenvalue weighted by molar-refractivity contribution is 7.90. The Kier molecular flexibility index (Phi) is 7.29. The van der Waals surface area contributed by atoms with E-state index in [9.17, 15) is 8.42 Å². The van der Waals surface area contributed by atoms with Gasteiger partial charge in [0.2, 0.25) is 0 Å². The van der Waals surface area contributed by atoms with Gasteiger partial charge in [-0.3, -0.25) is 0 Å². The van der Waals surface area contributed by atoms with Crippen LogP contribution in [0.2, 0.25) is 0 Å². The quantitative estimate of drug-likeness (QED) is 0.316. The zero-order valence-electron chi connectivity index (χ0n) is 18.5. The molecule has 1 aliphatic rings. The van der Waals surface area contributed by atoms with E-state index in [-0.39, 0.29) is 5.75 Å². The van der Waals surface area contributed by atoms with Gasteiger partial charge in [0.1, 0.15) is 17.9 Å². The number of piperidine rings is 1. The molecule has 1 aliphatic heterocycles. The average molecular weight is 486 g/mol. The van der Waals surface area contributed by atoms with E-state index in [0.29, 0.717) is 24.3 Å². The molecule has 1 aromatic carbocycles. The van der Waals surface area contributed by atoms with Crippen LogP contribution in [0.1, 0.15) is 29.5 Å². The number of ether oxygens (including phenoxy) is 1. The van der Waals surface area contributed by atoms with Gasteiger partial charge < -0.3 is 14.1 Å². The summed E-state index contributed by atoms with van der Waals surface area (Å²) in [7, 11) is -3.06. The van der Waals surface area contributed by atoms with Crippen LogP contribution in [0.15, 0.2) is 70.7 Å². The second-order valence-corrected chi connectivity index (χ2v) is 11.1. The fourth-order valence-corrected chi connectivity index (χ4v) is 5.08. The van der Waals surface area contributed by atoms with Gasteiger partial charge in [-0.15, -0.1) is 11.3 Å². The molecule has 9 heteroatoms. The lowest BCUT2D eigenvalue weighted by atomic mass is 9.98. The molecule has 174 valence electrons. The van der Waals surface area contributed by atoms with Crippen molar-refractivity contribution in [2.45, 2.75) is 25.4 Å². The maximum Gasteiger partial charge on any atom is 0.298 e. The van der Waals surface area contributed by atoms with Gasteiger partial charge in [0, 0.05) is 30.6 Å². The van der Waals surface area contributed by atoms with E-state index in [1.165, 1.54) is 6.26 Å². The third-order valence-electron chi connectivity index (χ3n) is 5.32. The second kappa shape index (κ2) is 10.4. The fourth-order valence-electron chi connectivity index (χ4n) is 3.65. The average Bonchev–Trinajstić information content (AvgIpc) is 3.44. The van der Waals surface area contributed by atoms with Crippen LogP contribution in [0.5, 0.6) is 0 Å². The Bertz CT molecular complexity index is 1230. The molecule has 2 aromatic heterocycles. The first-order valence-electron chi connectivity index (χ1n) is 10.8. The van der Waals surface area contributed by atoms with E-state index in [2.05, 4.69) is 16.5 Å². The van der Waals surface area contributed by atoms with Crippen molar-refractivity contribution in [3.05, 3.63) is 77.0 Å². The topological polar surface area (TPSA) is 85.5 Å². The molecule has 0 N–H and O–H groups in total. The Labute approximate surface area is 198 Å². The SMILES string of the molecule is C=C/C=C(\C=C/CS(C)(=O)=O)OCc1csc(C2CCN(c3nc4ccccc4o3)CC2)n1. The van der Waals surface area contributed by atoms with Crippen LogP contribution in [0.4, 0.5) is 6.01 Å². The highest BCUT2D eigenvalue weighted by Gasteiger charge is 2.25. The van der Waals surface area contributed by atoms with Crippen LogP contribution < -0.4 is 4.90 Å². The van der Waals surface area contributed by atoms with Crippen molar-refractivity contribution < 1.29 is 17.6 Å². The number of anilines is 1. The van der Waals surface area contributed by atoms with E-state index in [4.69, 9.17) is 14.1 Å². The molecular formula is C24H27N3O4S2. The third kappa shape index (κ3) is 6.33. The smallest absolute Gasteiger partial charge is 0.298 e. The number of aromatic nitrogens is 2. The molecule has 0 radical (unpaired) electrons. The number of oxazole rings is 1. The molecule has 0 bridgehead atoms. The number of para-hydroxylation sites is 2. The molecule has 0 aliphatic carbocycles. The van der Waals surface area contributed by atoms with E-state index in [0.717, 1.165) is 47.7 Å². The molecule has 0 saturated carbocycles. The fraction of sp³-hybridized carbons (Fsp3) is 0.333. The van der Waals surface area contributed by atoms with Crippen LogP contribution in [0, 0.1) is 0 Å². The van der Waals surface area contributed by atoms with Gasteiger partial charge >= 0.3 is 0 Å². The summed E-state index contributed by atoms with van der Waals surface area (Å²) in [6.07, 6.45) is 9.71. The molecule has 3 heterocycles. The highest BCUT2D eigenvalue weighted by atomic mass is 32.2. The zero-order chi connectivity index (χ0) is 23.3. The summed E-state index contributed by atoms with van der Waals surface area (Å²) in [5.41, 5.74) is 2.56. The van der Waals surface area contributed by atoms with E-state index in [1.807, 2.05) is 29.6 Å². The van der Waals surface area contributed by atoms with Gasteiger partial charge in [-0.05, 0) is 37.1 Å². The molecule has 0 amide bonds. The van der Waals surface area contributed by atoms with Crippen molar-refractivity contribution in [3.8, 4) is 0 Å². The molecule has 7 nitrogen and oxygen atoms in total. The monoisotopic (exact) mass is 485 g/mol. The van der Waals surface area contributed by atoms with Gasteiger partial charge in [0.25, 0.3) is 6.01 Å². The van der Waals surface area contributed by atoms with Crippen LogP contribution in [0.25, 0.3) is 11.1 Å². The predicted octanol–water partition coefficient (Wildman–Crippen LogP) is 4.86. The highest BCUT2D eigenvalue weighted by Crippen LogP contribution is 2.33. The van der Waals surface area contributed by atoms with Crippen LogP contribution in [-0.4, -0.2) is 43.5 Å². The van der Waals surface area contributed by atoms with Gasteiger partial charge in [-0.1, -0.05) is 30.9 Å². The Morgan fingerprint density at radius 1 is 1.30 bits per heavy atom. The van der Waals surface area contributed by atoms with Crippen LogP contribution in [0.3, 0.4) is 0 Å². The summed E-state index contributed by atoms with van der Waals surface area (Å²) in [6.45, 7) is 5.75. The summed E-state index contributed by atoms with van der Waals surface area (Å²) < 4.78 is 34.3. The van der Waals surface area contributed by atoms with Crippen molar-refractivity contribution in [1.82, 2.24) is 9.97 Å². The van der Waals surface area contributed by atoms with Crippen molar-refractivity contribution in [1.29, 1.82) is 0 Å². The molecule has 1 fully saturated rings. The number of rotatable bonds is 9. The van der Waals surface area contributed by atoms with Gasteiger partial charge in [-0.25, -0.2) is 13.4 Å². The second-order valence-electron chi connectivity index (χ2n) is 7.99. The lowest BCUT2D eigenvalue weighted by Gasteiger charge is -2.29. The molecule has 3 aromatic rings. The number of benzene rings is 1. The van der Waals surface area contributed by atoms with Crippen molar-refractivity contribution in [2.24, 2.45) is 0 Å². The van der Waals surface area contributed by atoms with Crippen LogP contribution in [-0.2, 0) is 21.2 Å². The normalized spacial score (nSPS) is 16.0. The summed E-state index contributed by atoms with van der Waals surface area (Å²) >= 11 is 1.66. The standard InChI is InChI=1S/C24H27N3O4S2/c1-3-7-20(8-6-15-33(2,28)29)30-16-19-17-32-23(25-19)18-11-13-27(14-12-18)24-26-21-9-4-5-10-22(21)31-24/h3-10,17-18H,1,11-16H2,2H3/b8-6-,20-7+. The maximum absolute atomic E-state index is 11.3. The Morgan fingerprint density at radius 2 is 2.09 bits per heavy atom. The minimum atomic E-state index is -3.06. The molecule has 0 spiro atoms. The molecule has 0 atom stereocenters. The zero-order valence-corrected chi connectivity index (χ0v) is 20.1. The number of hydrogen-bond acceptors (Lipinski definition) is 8. The lowest BCUT2D eigenvalue weighted by Crippen LogP contribution is -2.33. The first-order chi connectivity index (χ1) is 15.9. The van der Waals surface area contributed by atoms with Crippen molar-refractivity contribution in [2.75, 3.05) is 30.0 Å². The van der Waals surface area contributed by atoms with E-state index in [1.54, 1.807) is 35.6 Å². The number of thiazole rings is 1. The van der Waals surface area contributed by atoms with Crippen molar-refractivity contribution >= 4 is 38.3 Å². The lowest BCUT2D eigenvalue weighted by molar-refractivity contribution is 0.208. The molecular weight excluding hydrogens is 458 g/mol. The summed E-state index contributed by atoms with van der Waals surface area (Å²) in [6, 6.07) is 8.51. The van der Waals surface area contributed by atoms with E-state index >= 15 is 0 Å². The molecule has 4 rings (SSSR count). The summed E-state index contributed by atoms with van der Waals surface area (Å²) in [5, 5.41) is 3.14. The number of fused-ring (bicyclic) bond motifs is 1. The third-order valence-corrected chi connectivity index (χ3v) is 7.17. The summed E-state index contributed by atoms with van der Waals surface area (Å²) in [4.78, 5) is 11.6. The predicted molar refractivity (Wildman–Crippen MR) is 132 cm³/mol. The number of sulfone groups is 1. The molecule has 1 saturated heterocycles. The number of allylic oxidation sites excluding steroid dienone is 3. The first kappa shape index (κ1) is 23.3. The number of nitrogens with zero attached hydrogens (tertiary/aromatic N) is 3. The maximum atomic E-state index is 11.3. The largest absolute Gasteiger partial charge is 0.487 e. The van der Waals surface area contributed by atoms with E-state index < -0.39 is 9.84 Å². The van der Waals surface area contributed by atoms with Crippen molar-refractivity contribution in [3.63, 3.8) is 0 Å². The first-order valence-corrected chi connectivity index (χ1v) is 13.7. The summed E-state index contributed by atoms with van der Waals surface area (Å²) in [5.74, 6) is 0.922.